The molecular weight excluding hydrogens is 613 g/mol. The number of hydrogen-bond donors (Lipinski definition) is 3. The highest BCUT2D eigenvalue weighted by Gasteiger charge is 2.38. The lowest BCUT2D eigenvalue weighted by molar-refractivity contribution is 0.0752. The molecule has 13 nitrogen and oxygen atoms in total. The fraction of sp³-hybridized carbons (Fsp3) is 0.286. The minimum absolute atomic E-state index is 0.0289. The van der Waals surface area contributed by atoms with Crippen LogP contribution in [0.2, 0.25) is 0 Å². The smallest absolute Gasteiger partial charge is 0.419 e. The highest BCUT2D eigenvalue weighted by atomic mass is 32.2. The van der Waals surface area contributed by atoms with Crippen LogP contribution in [0.25, 0.3) is 0 Å². The molecule has 2 aliphatic rings. The quantitative estimate of drug-likeness (QED) is 0.220. The predicted molar refractivity (Wildman–Crippen MR) is 160 cm³/mol. The summed E-state index contributed by atoms with van der Waals surface area (Å²) in [6.07, 6.45) is 3.02. The van der Waals surface area contributed by atoms with E-state index in [1.54, 1.807) is 29.0 Å². The number of halogens is 1. The van der Waals surface area contributed by atoms with Gasteiger partial charge >= 0.3 is 16.3 Å². The molecule has 5 heterocycles. The molecule has 0 bridgehead atoms. The number of rotatable bonds is 10. The van der Waals surface area contributed by atoms with E-state index in [1.165, 1.54) is 28.3 Å². The van der Waals surface area contributed by atoms with Gasteiger partial charge in [0.25, 0.3) is 5.91 Å². The maximum atomic E-state index is 13.5. The summed E-state index contributed by atoms with van der Waals surface area (Å²) in [5.41, 5.74) is 2.96. The van der Waals surface area contributed by atoms with Crippen LogP contribution in [-0.2, 0) is 16.8 Å². The number of nitrogens with zero attached hydrogens (tertiary/aromatic N) is 5. The Labute approximate surface area is 256 Å². The molecule has 230 valence electrons. The van der Waals surface area contributed by atoms with E-state index in [-0.39, 0.29) is 31.1 Å². The molecule has 2 saturated heterocycles. The molecular formula is C28H28FN7O6S2. The molecule has 0 saturated carbocycles. The normalized spacial score (nSPS) is 17.3. The SMILES string of the molecule is O=C(O)NS(=O)(=O)N1CC(Oc2ccc(N3CCC[C@@H]3c3csc(NC(=O)c4cccn4Cc4ccnc(F)c4)n3)cc2)C1. The molecule has 44 heavy (non-hydrogen) atoms. The number of anilines is 2. The van der Waals surface area contributed by atoms with E-state index in [0.717, 1.165) is 35.1 Å². The van der Waals surface area contributed by atoms with E-state index >= 15 is 0 Å². The first kappa shape index (κ1) is 29.5. The van der Waals surface area contributed by atoms with Gasteiger partial charge in [0, 0.05) is 36.6 Å². The van der Waals surface area contributed by atoms with Gasteiger partial charge in [-0.2, -0.15) is 17.1 Å². The van der Waals surface area contributed by atoms with Gasteiger partial charge < -0.3 is 19.3 Å². The summed E-state index contributed by atoms with van der Waals surface area (Å²) in [7, 11) is -4.08. The average Bonchev–Trinajstić information content (AvgIpc) is 3.71. The first-order valence-electron chi connectivity index (χ1n) is 13.7. The van der Waals surface area contributed by atoms with Crippen molar-refractivity contribution in [3.05, 3.63) is 89.2 Å². The lowest BCUT2D eigenvalue weighted by Gasteiger charge is -2.37. The number of pyridine rings is 1. The van der Waals surface area contributed by atoms with Crippen LogP contribution in [0.4, 0.5) is 20.0 Å². The fourth-order valence-corrected chi connectivity index (χ4v) is 7.12. The number of carbonyl (C=O) groups is 2. The number of amides is 2. The van der Waals surface area contributed by atoms with Crippen molar-refractivity contribution in [2.24, 2.45) is 0 Å². The minimum atomic E-state index is -4.08. The monoisotopic (exact) mass is 641 g/mol. The zero-order chi connectivity index (χ0) is 30.8. The van der Waals surface area contributed by atoms with E-state index in [9.17, 15) is 22.4 Å². The Bertz CT molecular complexity index is 1770. The number of aromatic nitrogens is 3. The molecule has 16 heteroatoms. The number of carboxylic acid groups (broad SMARTS) is 1. The molecule has 6 rings (SSSR count). The lowest BCUT2D eigenvalue weighted by Crippen LogP contribution is -2.59. The van der Waals surface area contributed by atoms with Gasteiger partial charge in [-0.15, -0.1) is 11.3 Å². The molecule has 0 unspecified atom stereocenters. The number of carbonyl (C=O) groups excluding carboxylic acids is 1. The third-order valence-electron chi connectivity index (χ3n) is 7.38. The molecule has 2 aliphatic heterocycles. The molecule has 1 aromatic carbocycles. The molecule has 0 radical (unpaired) electrons. The summed E-state index contributed by atoms with van der Waals surface area (Å²) in [5.74, 6) is -0.306. The third-order valence-corrected chi connectivity index (χ3v) is 9.57. The predicted octanol–water partition coefficient (Wildman–Crippen LogP) is 3.70. The van der Waals surface area contributed by atoms with Gasteiger partial charge in [0.15, 0.2) is 5.13 Å². The highest BCUT2D eigenvalue weighted by Crippen LogP contribution is 2.38. The minimum Gasteiger partial charge on any atom is -0.488 e. The molecule has 0 spiro atoms. The van der Waals surface area contributed by atoms with Gasteiger partial charge in [0.05, 0.1) is 24.8 Å². The second-order valence-electron chi connectivity index (χ2n) is 10.4. The van der Waals surface area contributed by atoms with Crippen molar-refractivity contribution >= 4 is 44.4 Å². The largest absolute Gasteiger partial charge is 0.488 e. The van der Waals surface area contributed by atoms with Gasteiger partial charge in [0.1, 0.15) is 17.5 Å². The Hall–Kier alpha value is -4.54. The average molecular weight is 642 g/mol. The first-order chi connectivity index (χ1) is 21.1. The van der Waals surface area contributed by atoms with Crippen molar-refractivity contribution in [1.29, 1.82) is 0 Å². The Morgan fingerprint density at radius 3 is 2.70 bits per heavy atom. The van der Waals surface area contributed by atoms with Gasteiger partial charge in [0.2, 0.25) is 5.95 Å². The molecule has 4 aromatic rings. The maximum Gasteiger partial charge on any atom is 0.419 e. The second-order valence-corrected chi connectivity index (χ2v) is 12.9. The third kappa shape index (κ3) is 6.51. The van der Waals surface area contributed by atoms with Gasteiger partial charge in [-0.05, 0) is 66.9 Å². The van der Waals surface area contributed by atoms with Crippen LogP contribution in [0.5, 0.6) is 5.75 Å². The van der Waals surface area contributed by atoms with Gasteiger partial charge in [-0.3, -0.25) is 10.1 Å². The standard InChI is InChI=1S/C28H28FN7O6S2/c29-25-13-18(9-10-30-25)14-34-11-1-4-24(34)26(37)32-27-31-22(17-43-27)23-3-2-12-36(23)19-5-7-20(8-6-19)42-21-15-35(16-21)44(40,41)33-28(38)39/h1,4-11,13,17,21,23,33H,2-3,12,14-16H2,(H,38,39)(H,31,32,37)/t23-/m1/s1. The number of thiazole rings is 1. The van der Waals surface area contributed by atoms with E-state index in [2.05, 4.69) is 15.2 Å². The molecule has 0 aliphatic carbocycles. The van der Waals surface area contributed by atoms with Crippen LogP contribution in [0.1, 0.15) is 40.6 Å². The van der Waals surface area contributed by atoms with E-state index in [4.69, 9.17) is 14.8 Å². The summed E-state index contributed by atoms with van der Waals surface area (Å²) >= 11 is 1.35. The van der Waals surface area contributed by atoms with Crippen LogP contribution in [-0.4, -0.2) is 70.1 Å². The van der Waals surface area contributed by atoms with Crippen molar-refractivity contribution < 1.29 is 32.2 Å². The van der Waals surface area contributed by atoms with Crippen LogP contribution >= 0.6 is 11.3 Å². The Balaban J connectivity index is 1.05. The summed E-state index contributed by atoms with van der Waals surface area (Å²) < 4.78 is 47.4. The summed E-state index contributed by atoms with van der Waals surface area (Å²) in [5, 5.41) is 14.0. The number of hydrogen-bond acceptors (Lipinski definition) is 9. The van der Waals surface area contributed by atoms with Crippen molar-refractivity contribution in [2.45, 2.75) is 31.5 Å². The second kappa shape index (κ2) is 12.2. The van der Waals surface area contributed by atoms with Crippen LogP contribution < -0.4 is 19.7 Å². The Morgan fingerprint density at radius 2 is 1.95 bits per heavy atom. The van der Waals surface area contributed by atoms with Crippen LogP contribution in [0, 0.1) is 5.95 Å². The topological polar surface area (TPSA) is 159 Å². The first-order valence-corrected chi connectivity index (χ1v) is 16.0. The number of benzene rings is 1. The van der Waals surface area contributed by atoms with E-state index in [0.29, 0.717) is 28.7 Å². The number of ether oxygens (including phenoxy) is 1. The molecule has 2 fully saturated rings. The summed E-state index contributed by atoms with van der Waals surface area (Å²) in [6, 6.07) is 14.0. The van der Waals surface area contributed by atoms with Crippen molar-refractivity contribution in [3.8, 4) is 5.75 Å². The fourth-order valence-electron chi connectivity index (χ4n) is 5.29. The van der Waals surface area contributed by atoms with E-state index in [1.807, 2.05) is 29.6 Å². The van der Waals surface area contributed by atoms with Crippen LogP contribution in [0.3, 0.4) is 0 Å². The van der Waals surface area contributed by atoms with Crippen molar-refractivity contribution in [3.63, 3.8) is 0 Å². The Kier molecular flexibility index (Phi) is 8.20. The Morgan fingerprint density at radius 1 is 1.16 bits per heavy atom. The molecule has 1 atom stereocenters. The van der Waals surface area contributed by atoms with Crippen molar-refractivity contribution in [2.75, 3.05) is 29.9 Å². The lowest BCUT2D eigenvalue weighted by atomic mass is 10.1. The molecule has 2 amide bonds. The number of nitrogens with one attached hydrogen (secondary N) is 2. The molecule has 3 N–H and O–H groups in total. The summed E-state index contributed by atoms with van der Waals surface area (Å²) in [6.45, 7) is 1.26. The van der Waals surface area contributed by atoms with Crippen molar-refractivity contribution in [1.82, 2.24) is 23.6 Å². The zero-order valence-electron chi connectivity index (χ0n) is 23.2. The molecule has 3 aromatic heterocycles. The van der Waals surface area contributed by atoms with Crippen LogP contribution in [0.15, 0.2) is 66.3 Å². The summed E-state index contributed by atoms with van der Waals surface area (Å²) in [4.78, 5) is 34.3. The maximum absolute atomic E-state index is 13.5. The highest BCUT2D eigenvalue weighted by molar-refractivity contribution is 7.87. The zero-order valence-corrected chi connectivity index (χ0v) is 24.8. The van der Waals surface area contributed by atoms with E-state index < -0.39 is 22.3 Å². The van der Waals surface area contributed by atoms with Gasteiger partial charge in [-0.1, -0.05) is 0 Å². The van der Waals surface area contributed by atoms with Gasteiger partial charge in [-0.25, -0.2) is 19.5 Å².